The molecule has 5 nitrogen and oxygen atoms in total. The van der Waals surface area contributed by atoms with Gasteiger partial charge in [0.15, 0.2) is 5.11 Å². The molecule has 0 aliphatic heterocycles. The van der Waals surface area contributed by atoms with Crippen LogP contribution >= 0.6 is 28.1 Å². The van der Waals surface area contributed by atoms with E-state index in [2.05, 4.69) is 26.6 Å². The second kappa shape index (κ2) is 7.94. The molecule has 2 aromatic carbocycles. The number of thiocarbonyl (C=S) groups is 1. The molecular weight excluding hydrogens is 380 g/mol. The van der Waals surface area contributed by atoms with E-state index < -0.39 is 0 Å². The lowest BCUT2D eigenvalue weighted by molar-refractivity contribution is 0.0977. The van der Waals surface area contributed by atoms with E-state index in [1.165, 1.54) is 0 Å². The third-order valence-electron chi connectivity index (χ3n) is 2.99. The van der Waals surface area contributed by atoms with E-state index in [0.717, 1.165) is 10.2 Å². The van der Waals surface area contributed by atoms with Crippen molar-refractivity contribution < 1.29 is 14.3 Å². The van der Waals surface area contributed by atoms with Crippen LogP contribution in [0.4, 0.5) is 5.69 Å². The molecule has 2 N–H and O–H groups in total. The van der Waals surface area contributed by atoms with Crippen LogP contribution in [0.2, 0.25) is 0 Å². The minimum Gasteiger partial charge on any atom is -0.497 e. The fourth-order valence-electron chi connectivity index (χ4n) is 1.82. The zero-order valence-corrected chi connectivity index (χ0v) is 15.0. The molecule has 0 heterocycles. The highest BCUT2D eigenvalue weighted by Gasteiger charge is 2.09. The first-order valence-corrected chi connectivity index (χ1v) is 7.83. The van der Waals surface area contributed by atoms with Gasteiger partial charge in [0, 0.05) is 11.3 Å². The molecule has 0 aromatic heterocycles. The molecule has 0 unspecified atom stereocenters. The first-order chi connectivity index (χ1) is 11.0. The molecular formula is C16H15BrN2O3S. The lowest BCUT2D eigenvalue weighted by atomic mass is 10.2. The smallest absolute Gasteiger partial charge is 0.257 e. The minimum absolute atomic E-state index is 0.211. The Hall–Kier alpha value is -2.12. The molecule has 0 atom stereocenters. The highest BCUT2D eigenvalue weighted by atomic mass is 79.9. The second-order valence-corrected chi connectivity index (χ2v) is 5.75. The third kappa shape index (κ3) is 4.67. The van der Waals surface area contributed by atoms with Crippen LogP contribution < -0.4 is 20.1 Å². The monoisotopic (exact) mass is 394 g/mol. The Balaban J connectivity index is 1.98. The molecule has 0 bridgehead atoms. The van der Waals surface area contributed by atoms with E-state index in [1.807, 2.05) is 6.07 Å². The van der Waals surface area contributed by atoms with Gasteiger partial charge >= 0.3 is 0 Å². The molecule has 0 saturated carbocycles. The fraction of sp³-hybridized carbons (Fsp3) is 0.125. The van der Waals surface area contributed by atoms with Crippen LogP contribution in [0.3, 0.4) is 0 Å². The summed E-state index contributed by atoms with van der Waals surface area (Å²) < 4.78 is 11.0. The van der Waals surface area contributed by atoms with E-state index in [9.17, 15) is 4.79 Å². The Bertz CT molecular complexity index is 720. The molecule has 0 aliphatic rings. The average Bonchev–Trinajstić information content (AvgIpc) is 2.55. The SMILES string of the molecule is COc1ccc(C(=O)NC(=S)Nc2ccc(OC)c(Br)c2)cc1. The fourth-order valence-corrected chi connectivity index (χ4v) is 2.58. The topological polar surface area (TPSA) is 59.6 Å². The molecule has 0 aliphatic carbocycles. The molecule has 1 amide bonds. The van der Waals surface area contributed by atoms with Crippen molar-refractivity contribution in [3.63, 3.8) is 0 Å². The summed E-state index contributed by atoms with van der Waals surface area (Å²) in [5, 5.41) is 5.78. The van der Waals surface area contributed by atoms with Gasteiger partial charge in [0.2, 0.25) is 0 Å². The first-order valence-electron chi connectivity index (χ1n) is 6.63. The van der Waals surface area contributed by atoms with Crippen LogP contribution in [-0.2, 0) is 0 Å². The molecule has 120 valence electrons. The van der Waals surface area contributed by atoms with Crippen molar-refractivity contribution in [1.29, 1.82) is 0 Å². The van der Waals surface area contributed by atoms with Gasteiger partial charge in [-0.05, 0) is 70.6 Å². The van der Waals surface area contributed by atoms with Crippen LogP contribution in [0.1, 0.15) is 10.4 Å². The number of halogens is 1. The van der Waals surface area contributed by atoms with E-state index in [1.54, 1.807) is 50.6 Å². The second-order valence-electron chi connectivity index (χ2n) is 4.49. The molecule has 0 spiro atoms. The van der Waals surface area contributed by atoms with Crippen LogP contribution in [-0.4, -0.2) is 25.2 Å². The predicted octanol–water partition coefficient (Wildman–Crippen LogP) is 3.59. The summed E-state index contributed by atoms with van der Waals surface area (Å²) >= 11 is 8.54. The molecule has 23 heavy (non-hydrogen) atoms. The quantitative estimate of drug-likeness (QED) is 0.775. The largest absolute Gasteiger partial charge is 0.497 e. The zero-order chi connectivity index (χ0) is 16.8. The van der Waals surface area contributed by atoms with Crippen molar-refractivity contribution in [2.75, 3.05) is 19.5 Å². The maximum Gasteiger partial charge on any atom is 0.257 e. The number of rotatable bonds is 4. The number of benzene rings is 2. The minimum atomic E-state index is -0.294. The van der Waals surface area contributed by atoms with Gasteiger partial charge in [-0.15, -0.1) is 0 Å². The Kier molecular flexibility index (Phi) is 5.95. The van der Waals surface area contributed by atoms with Crippen LogP contribution in [0.5, 0.6) is 11.5 Å². The van der Waals surface area contributed by atoms with Gasteiger partial charge in [-0.2, -0.15) is 0 Å². The first kappa shape index (κ1) is 17.2. The normalized spacial score (nSPS) is 9.87. The highest BCUT2D eigenvalue weighted by molar-refractivity contribution is 9.10. The van der Waals surface area contributed by atoms with E-state index in [0.29, 0.717) is 17.1 Å². The Morgan fingerprint density at radius 2 is 1.78 bits per heavy atom. The van der Waals surface area contributed by atoms with Crippen LogP contribution in [0.15, 0.2) is 46.9 Å². The number of nitrogens with one attached hydrogen (secondary N) is 2. The summed E-state index contributed by atoms with van der Waals surface area (Å²) in [5.74, 6) is 1.10. The summed E-state index contributed by atoms with van der Waals surface area (Å²) in [6.45, 7) is 0. The molecule has 7 heteroatoms. The Morgan fingerprint density at radius 3 is 2.35 bits per heavy atom. The van der Waals surface area contributed by atoms with Gasteiger partial charge in [0.25, 0.3) is 5.91 Å². The maximum absolute atomic E-state index is 12.1. The van der Waals surface area contributed by atoms with Gasteiger partial charge in [-0.25, -0.2) is 0 Å². The standard InChI is InChI=1S/C16H15BrN2O3S/c1-21-12-6-3-10(4-7-12)15(20)19-16(23)18-11-5-8-14(22-2)13(17)9-11/h3-9H,1-2H3,(H2,18,19,20,23). The summed E-state index contributed by atoms with van der Waals surface area (Å²) in [4.78, 5) is 12.1. The van der Waals surface area contributed by atoms with Crippen molar-refractivity contribution in [2.24, 2.45) is 0 Å². The predicted molar refractivity (Wildman–Crippen MR) is 97.4 cm³/mol. The number of hydrogen-bond donors (Lipinski definition) is 2. The third-order valence-corrected chi connectivity index (χ3v) is 3.81. The number of carbonyl (C=O) groups is 1. The number of methoxy groups -OCH3 is 2. The summed E-state index contributed by atoms with van der Waals surface area (Å²) in [6, 6.07) is 12.2. The van der Waals surface area contributed by atoms with Crippen molar-refractivity contribution in [2.45, 2.75) is 0 Å². The molecule has 0 saturated heterocycles. The van der Waals surface area contributed by atoms with Crippen molar-refractivity contribution in [3.05, 3.63) is 52.5 Å². The summed E-state index contributed by atoms with van der Waals surface area (Å²) in [5.41, 5.74) is 1.23. The number of amides is 1. The number of carbonyl (C=O) groups excluding carboxylic acids is 1. The van der Waals surface area contributed by atoms with Gasteiger partial charge < -0.3 is 14.8 Å². The lowest BCUT2D eigenvalue weighted by Gasteiger charge is -2.11. The lowest BCUT2D eigenvalue weighted by Crippen LogP contribution is -2.34. The Morgan fingerprint density at radius 1 is 1.09 bits per heavy atom. The Labute approximate surface area is 148 Å². The van der Waals surface area contributed by atoms with E-state index in [4.69, 9.17) is 21.7 Å². The molecule has 2 rings (SSSR count). The highest BCUT2D eigenvalue weighted by Crippen LogP contribution is 2.27. The van der Waals surface area contributed by atoms with Crippen LogP contribution in [0, 0.1) is 0 Å². The van der Waals surface area contributed by atoms with Gasteiger partial charge in [-0.1, -0.05) is 0 Å². The van der Waals surface area contributed by atoms with Crippen molar-refractivity contribution in [1.82, 2.24) is 5.32 Å². The van der Waals surface area contributed by atoms with Crippen molar-refractivity contribution >= 4 is 44.9 Å². The number of hydrogen-bond acceptors (Lipinski definition) is 4. The molecule has 2 aromatic rings. The zero-order valence-electron chi connectivity index (χ0n) is 12.6. The number of anilines is 1. The van der Waals surface area contributed by atoms with E-state index >= 15 is 0 Å². The summed E-state index contributed by atoms with van der Waals surface area (Å²) in [7, 11) is 3.16. The summed E-state index contributed by atoms with van der Waals surface area (Å²) in [6.07, 6.45) is 0. The average molecular weight is 395 g/mol. The molecule has 0 fully saturated rings. The maximum atomic E-state index is 12.1. The van der Waals surface area contributed by atoms with Gasteiger partial charge in [0.05, 0.1) is 18.7 Å². The number of ether oxygens (including phenoxy) is 2. The van der Waals surface area contributed by atoms with Crippen molar-refractivity contribution in [3.8, 4) is 11.5 Å². The van der Waals surface area contributed by atoms with Gasteiger partial charge in [-0.3, -0.25) is 10.1 Å². The van der Waals surface area contributed by atoms with Gasteiger partial charge in [0.1, 0.15) is 11.5 Å². The van der Waals surface area contributed by atoms with Crippen LogP contribution in [0.25, 0.3) is 0 Å². The van der Waals surface area contributed by atoms with E-state index in [-0.39, 0.29) is 11.0 Å². The molecule has 0 radical (unpaired) electrons.